The molecule has 2 heterocycles. The van der Waals surface area contributed by atoms with Crippen LogP contribution in [0.3, 0.4) is 0 Å². The highest BCUT2D eigenvalue weighted by molar-refractivity contribution is 9.10. The minimum absolute atomic E-state index is 0.166. The Kier molecular flexibility index (Phi) is 7.13. The molecule has 0 bridgehead atoms. The van der Waals surface area contributed by atoms with E-state index < -0.39 is 5.60 Å². The Bertz CT molecular complexity index is 541. The molecule has 1 aromatic rings. The molecule has 6 heteroatoms. The first kappa shape index (κ1) is 19.7. The van der Waals surface area contributed by atoms with Crippen molar-refractivity contribution in [3.8, 4) is 0 Å². The van der Waals surface area contributed by atoms with E-state index in [1.54, 1.807) is 11.3 Å². The molecule has 1 saturated heterocycles. The van der Waals surface area contributed by atoms with Crippen LogP contribution in [0, 0.1) is 0 Å². The highest BCUT2D eigenvalue weighted by Gasteiger charge is 2.31. The summed E-state index contributed by atoms with van der Waals surface area (Å²) in [5.41, 5.74) is -0.436. The van der Waals surface area contributed by atoms with Crippen LogP contribution >= 0.6 is 27.3 Å². The number of nitrogens with zero attached hydrogens (tertiary/aromatic N) is 1. The normalized spacial score (nSPS) is 20.0. The third-order valence-electron chi connectivity index (χ3n) is 4.18. The summed E-state index contributed by atoms with van der Waals surface area (Å²) in [6.07, 6.45) is 4.11. The summed E-state index contributed by atoms with van der Waals surface area (Å²) in [6, 6.07) is 2.70. The van der Waals surface area contributed by atoms with E-state index in [0.717, 1.165) is 32.4 Å². The van der Waals surface area contributed by atoms with Crippen molar-refractivity contribution in [2.24, 2.45) is 0 Å². The molecule has 0 radical (unpaired) electrons. The average molecular weight is 417 g/mol. The number of thiophene rings is 1. The summed E-state index contributed by atoms with van der Waals surface area (Å²) in [7, 11) is 0. The molecule has 2 unspecified atom stereocenters. The van der Waals surface area contributed by atoms with Gasteiger partial charge in [0.05, 0.1) is 0 Å². The molecule has 0 saturated carbocycles. The third kappa shape index (κ3) is 6.05. The number of hydrogen-bond donors (Lipinski definition) is 1. The van der Waals surface area contributed by atoms with Crippen LogP contribution < -0.4 is 5.32 Å². The van der Waals surface area contributed by atoms with Gasteiger partial charge in [0.1, 0.15) is 5.60 Å². The van der Waals surface area contributed by atoms with Crippen LogP contribution in [0.1, 0.15) is 58.3 Å². The lowest BCUT2D eigenvalue weighted by molar-refractivity contribution is 0.00789. The van der Waals surface area contributed by atoms with Gasteiger partial charge in [-0.2, -0.15) is 0 Å². The van der Waals surface area contributed by atoms with Gasteiger partial charge in [-0.3, -0.25) is 0 Å². The smallest absolute Gasteiger partial charge is 0.410 e. The number of halogens is 1. The number of amides is 1. The summed E-state index contributed by atoms with van der Waals surface area (Å²) < 4.78 is 6.75. The van der Waals surface area contributed by atoms with Crippen LogP contribution in [0.5, 0.6) is 0 Å². The maximum absolute atomic E-state index is 12.5. The van der Waals surface area contributed by atoms with Gasteiger partial charge in [0.2, 0.25) is 0 Å². The minimum Gasteiger partial charge on any atom is -0.444 e. The Hall–Kier alpha value is -0.590. The summed E-state index contributed by atoms with van der Waals surface area (Å²) in [5, 5.41) is 5.68. The second kappa shape index (κ2) is 8.68. The monoisotopic (exact) mass is 416 g/mol. The lowest BCUT2D eigenvalue weighted by Gasteiger charge is -2.38. The SMILES string of the molecule is CC(CC1CCCCN1C(=O)OC(C)(C)C)NCc1sccc1Br. The number of hydrogen-bond acceptors (Lipinski definition) is 4. The fourth-order valence-corrected chi connectivity index (χ4v) is 4.46. The lowest BCUT2D eigenvalue weighted by atomic mass is 9.96. The van der Waals surface area contributed by atoms with E-state index >= 15 is 0 Å². The summed E-state index contributed by atoms with van der Waals surface area (Å²) in [5.74, 6) is 0. The van der Waals surface area contributed by atoms with Crippen LogP contribution in [0.25, 0.3) is 0 Å². The highest BCUT2D eigenvalue weighted by atomic mass is 79.9. The maximum Gasteiger partial charge on any atom is 0.410 e. The first-order valence-corrected chi connectivity index (χ1v) is 10.4. The van der Waals surface area contributed by atoms with E-state index in [-0.39, 0.29) is 12.1 Å². The van der Waals surface area contributed by atoms with Crippen molar-refractivity contribution < 1.29 is 9.53 Å². The van der Waals surface area contributed by atoms with Crippen LogP contribution in [0.2, 0.25) is 0 Å². The van der Waals surface area contributed by atoms with E-state index in [9.17, 15) is 4.79 Å². The molecule has 0 spiro atoms. The quantitative estimate of drug-likeness (QED) is 0.719. The fourth-order valence-electron chi connectivity index (χ4n) is 3.02. The van der Waals surface area contributed by atoms with Gasteiger partial charge in [-0.1, -0.05) is 0 Å². The Morgan fingerprint density at radius 2 is 2.25 bits per heavy atom. The van der Waals surface area contributed by atoms with E-state index in [1.165, 1.54) is 15.8 Å². The summed E-state index contributed by atoms with van der Waals surface area (Å²) in [6.45, 7) is 9.64. The highest BCUT2D eigenvalue weighted by Crippen LogP contribution is 2.25. The Balaban J connectivity index is 1.87. The third-order valence-corrected chi connectivity index (χ3v) is 6.11. The molecule has 24 heavy (non-hydrogen) atoms. The molecule has 2 rings (SSSR count). The Labute approximate surface area is 158 Å². The average Bonchev–Trinajstić information content (AvgIpc) is 2.89. The molecule has 1 amide bonds. The number of likely N-dealkylation sites (tertiary alicyclic amines) is 1. The lowest BCUT2D eigenvalue weighted by Crippen LogP contribution is -2.48. The number of nitrogens with one attached hydrogen (secondary N) is 1. The summed E-state index contributed by atoms with van der Waals surface area (Å²) >= 11 is 5.33. The van der Waals surface area contributed by atoms with Gasteiger partial charge < -0.3 is 15.0 Å². The Morgan fingerprint density at radius 3 is 2.88 bits per heavy atom. The van der Waals surface area contributed by atoms with Crippen molar-refractivity contribution in [3.05, 3.63) is 20.8 Å². The largest absolute Gasteiger partial charge is 0.444 e. The predicted octanol–water partition coefficient (Wildman–Crippen LogP) is 5.17. The van der Waals surface area contributed by atoms with Crippen LogP contribution in [0.15, 0.2) is 15.9 Å². The zero-order valence-electron chi connectivity index (χ0n) is 15.1. The molecular weight excluding hydrogens is 388 g/mol. The van der Waals surface area contributed by atoms with Gasteiger partial charge in [0.15, 0.2) is 0 Å². The van der Waals surface area contributed by atoms with Gasteiger partial charge in [-0.15, -0.1) is 11.3 Å². The zero-order valence-corrected chi connectivity index (χ0v) is 17.5. The molecule has 0 aliphatic carbocycles. The molecule has 1 N–H and O–H groups in total. The molecule has 4 nitrogen and oxygen atoms in total. The van der Waals surface area contributed by atoms with Crippen molar-refractivity contribution in [2.75, 3.05) is 6.54 Å². The van der Waals surface area contributed by atoms with Crippen molar-refractivity contribution in [1.29, 1.82) is 0 Å². The van der Waals surface area contributed by atoms with Crippen molar-refractivity contribution in [2.45, 2.75) is 77.6 Å². The molecule has 1 aromatic heterocycles. The van der Waals surface area contributed by atoms with Gasteiger partial charge >= 0.3 is 6.09 Å². The molecular formula is C18H29BrN2O2S. The van der Waals surface area contributed by atoms with Gasteiger partial charge in [0.25, 0.3) is 0 Å². The minimum atomic E-state index is -0.436. The van der Waals surface area contributed by atoms with E-state index in [1.807, 2.05) is 25.7 Å². The number of carbonyl (C=O) groups excluding carboxylic acids is 1. The molecule has 2 atom stereocenters. The van der Waals surface area contributed by atoms with Crippen molar-refractivity contribution >= 4 is 33.4 Å². The number of rotatable bonds is 5. The van der Waals surface area contributed by atoms with Gasteiger partial charge in [0, 0.05) is 34.5 Å². The zero-order chi connectivity index (χ0) is 17.7. The first-order valence-electron chi connectivity index (χ1n) is 8.71. The molecule has 1 fully saturated rings. The molecule has 1 aliphatic rings. The van der Waals surface area contributed by atoms with E-state index in [4.69, 9.17) is 4.74 Å². The van der Waals surface area contributed by atoms with E-state index in [0.29, 0.717) is 6.04 Å². The predicted molar refractivity (Wildman–Crippen MR) is 104 cm³/mol. The molecule has 1 aliphatic heterocycles. The molecule has 0 aromatic carbocycles. The second-order valence-corrected chi connectivity index (χ2v) is 9.39. The topological polar surface area (TPSA) is 41.6 Å². The molecule has 136 valence electrons. The number of carbonyl (C=O) groups is 1. The maximum atomic E-state index is 12.5. The fraction of sp³-hybridized carbons (Fsp3) is 0.722. The Morgan fingerprint density at radius 1 is 1.50 bits per heavy atom. The van der Waals surface area contributed by atoms with Gasteiger partial charge in [-0.25, -0.2) is 4.79 Å². The first-order chi connectivity index (χ1) is 11.3. The van der Waals surface area contributed by atoms with Crippen LogP contribution in [-0.4, -0.2) is 35.2 Å². The second-order valence-electron chi connectivity index (χ2n) is 7.53. The van der Waals surface area contributed by atoms with Gasteiger partial charge in [-0.05, 0) is 80.8 Å². The van der Waals surface area contributed by atoms with Crippen molar-refractivity contribution in [3.63, 3.8) is 0 Å². The van der Waals surface area contributed by atoms with Crippen LogP contribution in [0.4, 0.5) is 4.79 Å². The van der Waals surface area contributed by atoms with E-state index in [2.05, 4.69) is 39.6 Å². The standard InChI is InChI=1S/C18H29BrN2O2S/c1-13(20-12-16-15(19)8-10-24-16)11-14-7-5-6-9-21(14)17(22)23-18(2,3)4/h8,10,13-14,20H,5-7,9,11-12H2,1-4H3. The van der Waals surface area contributed by atoms with Crippen molar-refractivity contribution in [1.82, 2.24) is 10.2 Å². The summed E-state index contributed by atoms with van der Waals surface area (Å²) in [4.78, 5) is 15.7. The number of piperidine rings is 1. The number of ether oxygens (including phenoxy) is 1. The van der Waals surface area contributed by atoms with Crippen LogP contribution in [-0.2, 0) is 11.3 Å².